The molecule has 1 amide bonds. The first-order chi connectivity index (χ1) is 12.8. The molecule has 0 aliphatic carbocycles. The van der Waals surface area contributed by atoms with E-state index in [1.54, 1.807) is 12.1 Å². The molecule has 6 heteroatoms. The predicted molar refractivity (Wildman–Crippen MR) is 97.4 cm³/mol. The highest BCUT2D eigenvalue weighted by Gasteiger charge is 2.32. The molecule has 0 atom stereocenters. The normalized spacial score (nSPS) is 10.9. The van der Waals surface area contributed by atoms with Crippen molar-refractivity contribution in [1.29, 1.82) is 0 Å². The number of nitrogens with one attached hydrogen (secondary N) is 1. The molecule has 0 aromatic heterocycles. The molecule has 0 spiro atoms. The largest absolute Gasteiger partial charge is 0.484 e. The molecule has 0 bridgehead atoms. The standard InChI is InChI=1S/C21H20F3NO2/c1-15(2)16-9-11-18(12-10-16)27-14-20(26)25-13-5-7-17-6-3-4-8-19(17)21(22,23)24/h3-4,6,8-12,15H,13-14H2,1-2H3,(H,25,26). The average molecular weight is 375 g/mol. The van der Waals surface area contributed by atoms with Crippen LogP contribution in [0.2, 0.25) is 0 Å². The van der Waals surface area contributed by atoms with Gasteiger partial charge in [0.2, 0.25) is 0 Å². The molecule has 0 aliphatic heterocycles. The average Bonchev–Trinajstić information content (AvgIpc) is 2.63. The van der Waals surface area contributed by atoms with Crippen LogP contribution in [0.5, 0.6) is 5.75 Å². The fourth-order valence-electron chi connectivity index (χ4n) is 2.27. The van der Waals surface area contributed by atoms with Gasteiger partial charge in [0.1, 0.15) is 5.75 Å². The van der Waals surface area contributed by atoms with Crippen LogP contribution in [0.3, 0.4) is 0 Å². The van der Waals surface area contributed by atoms with E-state index in [0.29, 0.717) is 11.7 Å². The molecule has 3 nitrogen and oxygen atoms in total. The second-order valence-corrected chi connectivity index (χ2v) is 6.13. The van der Waals surface area contributed by atoms with E-state index < -0.39 is 17.6 Å². The number of carbonyl (C=O) groups excluding carboxylic acids is 1. The fraction of sp³-hybridized carbons (Fsp3) is 0.286. The van der Waals surface area contributed by atoms with E-state index >= 15 is 0 Å². The van der Waals surface area contributed by atoms with Gasteiger partial charge < -0.3 is 10.1 Å². The summed E-state index contributed by atoms with van der Waals surface area (Å²) in [4.78, 5) is 11.7. The summed E-state index contributed by atoms with van der Waals surface area (Å²) < 4.78 is 44.0. The number of alkyl halides is 3. The third-order valence-electron chi connectivity index (χ3n) is 3.75. The topological polar surface area (TPSA) is 38.3 Å². The van der Waals surface area contributed by atoms with Gasteiger partial charge in [0.25, 0.3) is 5.91 Å². The van der Waals surface area contributed by atoms with Crippen molar-refractivity contribution >= 4 is 5.91 Å². The Kier molecular flexibility index (Phi) is 6.89. The molecule has 0 radical (unpaired) electrons. The van der Waals surface area contributed by atoms with Crippen molar-refractivity contribution < 1.29 is 22.7 Å². The van der Waals surface area contributed by atoms with Gasteiger partial charge in [0.05, 0.1) is 12.1 Å². The Bertz CT molecular complexity index is 831. The molecule has 0 saturated heterocycles. The zero-order valence-corrected chi connectivity index (χ0v) is 15.1. The molecule has 2 rings (SSSR count). The lowest BCUT2D eigenvalue weighted by Crippen LogP contribution is -2.29. The number of hydrogen-bond donors (Lipinski definition) is 1. The predicted octanol–water partition coefficient (Wildman–Crippen LogP) is 4.38. The zero-order valence-electron chi connectivity index (χ0n) is 15.1. The Morgan fingerprint density at radius 1 is 1.11 bits per heavy atom. The first-order valence-electron chi connectivity index (χ1n) is 8.42. The number of benzene rings is 2. The van der Waals surface area contributed by atoms with Crippen molar-refractivity contribution in [1.82, 2.24) is 5.32 Å². The maximum absolute atomic E-state index is 12.9. The second-order valence-electron chi connectivity index (χ2n) is 6.13. The van der Waals surface area contributed by atoms with Crippen LogP contribution in [0.1, 0.15) is 36.5 Å². The number of carbonyl (C=O) groups is 1. The smallest absolute Gasteiger partial charge is 0.417 e. The van der Waals surface area contributed by atoms with Crippen molar-refractivity contribution in [3.8, 4) is 17.6 Å². The quantitative estimate of drug-likeness (QED) is 0.788. The summed E-state index contributed by atoms with van der Waals surface area (Å²) in [5, 5.41) is 2.49. The van der Waals surface area contributed by atoms with Crippen LogP contribution in [0.15, 0.2) is 48.5 Å². The summed E-state index contributed by atoms with van der Waals surface area (Å²) in [7, 11) is 0. The lowest BCUT2D eigenvalue weighted by molar-refractivity contribution is -0.137. The van der Waals surface area contributed by atoms with Crippen LogP contribution < -0.4 is 10.1 Å². The third kappa shape index (κ3) is 6.37. The van der Waals surface area contributed by atoms with Gasteiger partial charge in [-0.1, -0.05) is 50.0 Å². The lowest BCUT2D eigenvalue weighted by atomic mass is 10.0. The monoisotopic (exact) mass is 375 g/mol. The van der Waals surface area contributed by atoms with E-state index in [0.717, 1.165) is 6.07 Å². The van der Waals surface area contributed by atoms with E-state index in [9.17, 15) is 18.0 Å². The fourth-order valence-corrected chi connectivity index (χ4v) is 2.27. The molecule has 2 aromatic carbocycles. The van der Waals surface area contributed by atoms with Crippen molar-refractivity contribution in [2.75, 3.05) is 13.2 Å². The van der Waals surface area contributed by atoms with Gasteiger partial charge in [-0.05, 0) is 35.7 Å². The number of halogens is 3. The molecule has 0 aliphatic rings. The minimum absolute atomic E-state index is 0.0688. The Morgan fingerprint density at radius 3 is 2.41 bits per heavy atom. The van der Waals surface area contributed by atoms with Gasteiger partial charge in [0.15, 0.2) is 6.61 Å². The summed E-state index contributed by atoms with van der Waals surface area (Å²) in [6.07, 6.45) is -4.46. The number of hydrogen-bond acceptors (Lipinski definition) is 2. The summed E-state index contributed by atoms with van der Waals surface area (Å²) >= 11 is 0. The Labute approximate surface area is 156 Å². The number of rotatable bonds is 5. The maximum Gasteiger partial charge on any atom is 0.417 e. The zero-order chi connectivity index (χ0) is 19.9. The van der Waals surface area contributed by atoms with Crippen molar-refractivity contribution in [3.05, 3.63) is 65.2 Å². The molecule has 0 unspecified atom stereocenters. The Balaban J connectivity index is 1.83. The van der Waals surface area contributed by atoms with Crippen LogP contribution >= 0.6 is 0 Å². The first-order valence-corrected chi connectivity index (χ1v) is 8.42. The third-order valence-corrected chi connectivity index (χ3v) is 3.75. The van der Waals surface area contributed by atoms with Gasteiger partial charge in [-0.15, -0.1) is 0 Å². The SMILES string of the molecule is CC(C)c1ccc(OCC(=O)NCC#Cc2ccccc2C(F)(F)F)cc1. The molecule has 2 aromatic rings. The van der Waals surface area contributed by atoms with Crippen molar-refractivity contribution in [2.24, 2.45) is 0 Å². The summed E-state index contributed by atoms with van der Waals surface area (Å²) in [5.74, 6) is 5.54. The maximum atomic E-state index is 12.9. The number of ether oxygens (including phenoxy) is 1. The van der Waals surface area contributed by atoms with Crippen LogP contribution in [0, 0.1) is 11.8 Å². The highest BCUT2D eigenvalue weighted by molar-refractivity contribution is 5.77. The van der Waals surface area contributed by atoms with Crippen LogP contribution in [-0.2, 0) is 11.0 Å². The van der Waals surface area contributed by atoms with E-state index in [2.05, 4.69) is 31.0 Å². The molecular weight excluding hydrogens is 355 g/mol. The van der Waals surface area contributed by atoms with Gasteiger partial charge in [-0.2, -0.15) is 13.2 Å². The minimum atomic E-state index is -4.46. The number of amides is 1. The molecule has 0 saturated carbocycles. The van der Waals surface area contributed by atoms with Crippen LogP contribution in [-0.4, -0.2) is 19.1 Å². The highest BCUT2D eigenvalue weighted by Crippen LogP contribution is 2.31. The van der Waals surface area contributed by atoms with Crippen LogP contribution in [0.4, 0.5) is 13.2 Å². The van der Waals surface area contributed by atoms with Gasteiger partial charge in [-0.25, -0.2) is 0 Å². The van der Waals surface area contributed by atoms with Gasteiger partial charge in [-0.3, -0.25) is 4.79 Å². The van der Waals surface area contributed by atoms with Crippen LogP contribution in [0.25, 0.3) is 0 Å². The molecule has 0 heterocycles. The van der Waals surface area contributed by atoms with E-state index in [4.69, 9.17) is 4.74 Å². The summed E-state index contributed by atoms with van der Waals surface area (Å²) in [6.45, 7) is 3.90. The molecule has 0 fully saturated rings. The molecular formula is C21H20F3NO2. The molecule has 142 valence electrons. The van der Waals surface area contributed by atoms with Crippen molar-refractivity contribution in [2.45, 2.75) is 25.9 Å². The minimum Gasteiger partial charge on any atom is -0.484 e. The lowest BCUT2D eigenvalue weighted by Gasteiger charge is -2.09. The van der Waals surface area contributed by atoms with E-state index in [1.807, 2.05) is 12.1 Å². The molecule has 27 heavy (non-hydrogen) atoms. The van der Waals surface area contributed by atoms with E-state index in [1.165, 1.54) is 23.8 Å². The van der Waals surface area contributed by atoms with Gasteiger partial charge >= 0.3 is 6.18 Å². The summed E-state index contributed by atoms with van der Waals surface area (Å²) in [5.41, 5.74) is 0.249. The second kappa shape index (κ2) is 9.13. The first kappa shape index (κ1) is 20.4. The highest BCUT2D eigenvalue weighted by atomic mass is 19.4. The van der Waals surface area contributed by atoms with Gasteiger partial charge in [0, 0.05) is 5.56 Å². The van der Waals surface area contributed by atoms with Crippen molar-refractivity contribution in [3.63, 3.8) is 0 Å². The van der Waals surface area contributed by atoms with E-state index in [-0.39, 0.29) is 18.7 Å². The Hall–Kier alpha value is -2.94. The molecule has 1 N–H and O–H groups in total. The Morgan fingerprint density at radius 2 is 1.78 bits per heavy atom. The summed E-state index contributed by atoms with van der Waals surface area (Å²) in [6, 6.07) is 12.5.